The molecule has 2 aromatic carbocycles. The lowest BCUT2D eigenvalue weighted by Gasteiger charge is -2.36. The molecule has 0 spiro atoms. The number of hydrogen-bond acceptors (Lipinski definition) is 2. The molecule has 2 heterocycles. The molecule has 134 valence electrons. The zero-order valence-electron chi connectivity index (χ0n) is 16.0. The Balaban J connectivity index is 1.76. The smallest absolute Gasteiger partial charge is 0.0702 e. The van der Waals surface area contributed by atoms with Crippen LogP contribution in [0.4, 0.5) is 0 Å². The average molecular weight is 362 g/mol. The van der Waals surface area contributed by atoms with Crippen LogP contribution >= 0.6 is 11.3 Å². The molecule has 1 aliphatic heterocycles. The highest BCUT2D eigenvalue weighted by Crippen LogP contribution is 2.43. The third-order valence-corrected chi connectivity index (χ3v) is 6.79. The van der Waals surface area contributed by atoms with E-state index in [-0.39, 0.29) is 0 Å². The molecule has 0 saturated heterocycles. The van der Waals surface area contributed by atoms with Crippen molar-refractivity contribution in [3.05, 3.63) is 92.2 Å². The molecule has 1 aromatic heterocycles. The fourth-order valence-electron chi connectivity index (χ4n) is 4.37. The quantitative estimate of drug-likeness (QED) is 0.545. The number of rotatable bonds is 4. The minimum atomic E-state index is 0.379. The summed E-state index contributed by atoms with van der Waals surface area (Å²) in [6.45, 7) is 8.92. The maximum absolute atomic E-state index is 2.67. The molecule has 0 radical (unpaired) electrons. The summed E-state index contributed by atoms with van der Waals surface area (Å²) in [5.41, 5.74) is 7.41. The first-order chi connectivity index (χ1) is 12.7. The molecule has 4 rings (SSSR count). The molecular weight excluding hydrogens is 334 g/mol. The third-order valence-electron chi connectivity index (χ3n) is 5.55. The molecule has 3 aromatic rings. The van der Waals surface area contributed by atoms with Crippen molar-refractivity contribution >= 4 is 11.3 Å². The predicted molar refractivity (Wildman–Crippen MR) is 112 cm³/mol. The molecule has 26 heavy (non-hydrogen) atoms. The first kappa shape index (κ1) is 17.5. The molecule has 0 amide bonds. The number of benzene rings is 2. The second-order valence-electron chi connectivity index (χ2n) is 7.36. The van der Waals surface area contributed by atoms with E-state index in [1.54, 1.807) is 16.0 Å². The van der Waals surface area contributed by atoms with Crippen LogP contribution in [-0.2, 0) is 19.4 Å². The van der Waals surface area contributed by atoms with Gasteiger partial charge in [0.2, 0.25) is 0 Å². The second-order valence-corrected chi connectivity index (χ2v) is 8.61. The van der Waals surface area contributed by atoms with Gasteiger partial charge < -0.3 is 0 Å². The van der Waals surface area contributed by atoms with Crippen LogP contribution in [0.2, 0.25) is 0 Å². The van der Waals surface area contributed by atoms with E-state index in [1.807, 2.05) is 11.3 Å². The van der Waals surface area contributed by atoms with Crippen molar-refractivity contribution in [2.45, 2.75) is 46.2 Å². The van der Waals surface area contributed by atoms with Crippen molar-refractivity contribution in [1.29, 1.82) is 0 Å². The Morgan fingerprint density at radius 2 is 1.85 bits per heavy atom. The van der Waals surface area contributed by atoms with Gasteiger partial charge in [-0.1, -0.05) is 67.1 Å². The second kappa shape index (κ2) is 7.38. The Labute approximate surface area is 161 Å². The topological polar surface area (TPSA) is 3.24 Å². The molecule has 1 nitrogen and oxygen atoms in total. The highest BCUT2D eigenvalue weighted by Gasteiger charge is 2.32. The number of aryl methyl sites for hydroxylation is 2. The minimum absolute atomic E-state index is 0.379. The van der Waals surface area contributed by atoms with E-state index in [2.05, 4.69) is 80.3 Å². The number of hydrogen-bond donors (Lipinski definition) is 0. The zero-order chi connectivity index (χ0) is 18.1. The predicted octanol–water partition coefficient (Wildman–Crippen LogP) is 6.08. The van der Waals surface area contributed by atoms with Gasteiger partial charge in [-0.15, -0.1) is 11.3 Å². The normalized spacial score (nSPS) is 17.3. The Morgan fingerprint density at radius 3 is 2.58 bits per heavy atom. The van der Waals surface area contributed by atoms with Crippen LogP contribution in [0.3, 0.4) is 0 Å². The van der Waals surface area contributed by atoms with Gasteiger partial charge in [0, 0.05) is 22.8 Å². The molecule has 0 saturated carbocycles. The number of nitrogens with zero attached hydrogens (tertiary/aromatic N) is 1. The van der Waals surface area contributed by atoms with E-state index in [0.717, 1.165) is 19.5 Å². The van der Waals surface area contributed by atoms with Gasteiger partial charge in [0.25, 0.3) is 0 Å². The maximum atomic E-state index is 2.67. The Bertz CT molecular complexity index is 894. The number of thiophene rings is 1. The van der Waals surface area contributed by atoms with Gasteiger partial charge in [-0.2, -0.15) is 0 Å². The van der Waals surface area contributed by atoms with Crippen molar-refractivity contribution in [1.82, 2.24) is 4.90 Å². The summed E-state index contributed by atoms with van der Waals surface area (Å²) < 4.78 is 0. The summed E-state index contributed by atoms with van der Waals surface area (Å²) in [5.74, 6) is 0. The van der Waals surface area contributed by atoms with Crippen LogP contribution in [0.15, 0.2) is 54.6 Å². The van der Waals surface area contributed by atoms with Gasteiger partial charge in [-0.3, -0.25) is 4.90 Å². The van der Waals surface area contributed by atoms with Crippen molar-refractivity contribution in [2.75, 3.05) is 6.54 Å². The molecule has 0 N–H and O–H groups in total. The summed E-state index contributed by atoms with van der Waals surface area (Å²) >= 11 is 2.02. The Hall–Kier alpha value is -1.90. The van der Waals surface area contributed by atoms with Crippen molar-refractivity contribution < 1.29 is 0 Å². The van der Waals surface area contributed by atoms with Crippen molar-refractivity contribution in [3.63, 3.8) is 0 Å². The van der Waals surface area contributed by atoms with Crippen molar-refractivity contribution in [2.24, 2.45) is 0 Å². The molecule has 2 heteroatoms. The lowest BCUT2D eigenvalue weighted by atomic mass is 9.91. The molecule has 0 aliphatic carbocycles. The van der Waals surface area contributed by atoms with E-state index in [1.165, 1.54) is 28.0 Å². The van der Waals surface area contributed by atoms with Gasteiger partial charge in [0.1, 0.15) is 0 Å². The highest BCUT2D eigenvalue weighted by molar-refractivity contribution is 7.12. The summed E-state index contributed by atoms with van der Waals surface area (Å²) in [5, 5.41) is 0. The van der Waals surface area contributed by atoms with E-state index >= 15 is 0 Å². The largest absolute Gasteiger partial charge is 0.287 e. The maximum Gasteiger partial charge on any atom is 0.0702 e. The third kappa shape index (κ3) is 3.24. The van der Waals surface area contributed by atoms with Gasteiger partial charge in [0.05, 0.1) is 6.04 Å². The lowest BCUT2D eigenvalue weighted by molar-refractivity contribution is 0.207. The van der Waals surface area contributed by atoms with Gasteiger partial charge in [-0.05, 0) is 48.9 Å². The fourth-order valence-corrected chi connectivity index (χ4v) is 5.84. The fraction of sp³-hybridized carbons (Fsp3) is 0.333. The summed E-state index contributed by atoms with van der Waals surface area (Å²) in [6.07, 6.45) is 2.33. The number of fused-ring (bicyclic) bond motifs is 1. The van der Waals surface area contributed by atoms with Gasteiger partial charge in [0.15, 0.2) is 0 Å². The van der Waals surface area contributed by atoms with E-state index in [0.29, 0.717) is 6.04 Å². The lowest BCUT2D eigenvalue weighted by Crippen LogP contribution is -2.35. The van der Waals surface area contributed by atoms with Crippen LogP contribution in [-0.4, -0.2) is 11.4 Å². The average Bonchev–Trinajstić information content (AvgIpc) is 2.97. The SMILES string of the molecule is CCc1c(C)sc2c1CCN(Cc1cccc(C)c1)C2c1ccccc1. The van der Waals surface area contributed by atoms with Crippen LogP contribution in [0.25, 0.3) is 0 Å². The highest BCUT2D eigenvalue weighted by atomic mass is 32.1. The molecular formula is C24H27NS. The van der Waals surface area contributed by atoms with Crippen LogP contribution < -0.4 is 0 Å². The van der Waals surface area contributed by atoms with Crippen LogP contribution in [0.5, 0.6) is 0 Å². The van der Waals surface area contributed by atoms with Crippen LogP contribution in [0.1, 0.15) is 50.5 Å². The summed E-state index contributed by atoms with van der Waals surface area (Å²) in [4.78, 5) is 5.75. The molecule has 1 atom stereocenters. The standard InChI is InChI=1S/C24H27NS/c1-4-21-18(3)26-24-22(21)13-14-25(16-19-10-8-9-17(2)15-19)23(24)20-11-6-5-7-12-20/h5-12,15,23H,4,13-14,16H2,1-3H3. The molecule has 0 fully saturated rings. The van der Waals surface area contributed by atoms with Gasteiger partial charge in [-0.25, -0.2) is 0 Å². The summed E-state index contributed by atoms with van der Waals surface area (Å²) in [6, 6.07) is 20.4. The van der Waals surface area contributed by atoms with Crippen LogP contribution in [0, 0.1) is 13.8 Å². The molecule has 0 bridgehead atoms. The summed E-state index contributed by atoms with van der Waals surface area (Å²) in [7, 11) is 0. The monoisotopic (exact) mass is 361 g/mol. The van der Waals surface area contributed by atoms with E-state index in [4.69, 9.17) is 0 Å². The zero-order valence-corrected chi connectivity index (χ0v) is 16.8. The van der Waals surface area contributed by atoms with Crippen molar-refractivity contribution in [3.8, 4) is 0 Å². The Morgan fingerprint density at radius 1 is 1.04 bits per heavy atom. The van der Waals surface area contributed by atoms with E-state index in [9.17, 15) is 0 Å². The minimum Gasteiger partial charge on any atom is -0.287 e. The molecule has 1 aliphatic rings. The van der Waals surface area contributed by atoms with Gasteiger partial charge >= 0.3 is 0 Å². The molecule has 1 unspecified atom stereocenters. The van der Waals surface area contributed by atoms with E-state index < -0.39 is 0 Å². The Kier molecular flexibility index (Phi) is 4.97. The first-order valence-corrected chi connectivity index (χ1v) is 10.4. The first-order valence-electron chi connectivity index (χ1n) is 9.63.